The third-order valence-electron chi connectivity index (χ3n) is 7.78. The van der Waals surface area contributed by atoms with Crippen molar-refractivity contribution in [3.8, 4) is 0 Å². The summed E-state index contributed by atoms with van der Waals surface area (Å²) in [5.74, 6) is 5.67. The average molecular weight is 246 g/mol. The standard InChI is InChI=1S/C18H30/c1-18-12-3-2-6-14(18)9-10-16-15-7-4-5-13(15)8-11-17(16)18/h13-17H,2-12H2,1H3/t13?,14-,15-,16?,17+,18?/m1/s1. The van der Waals surface area contributed by atoms with Gasteiger partial charge >= 0.3 is 0 Å². The van der Waals surface area contributed by atoms with Gasteiger partial charge in [0.1, 0.15) is 0 Å². The molecule has 0 radical (unpaired) electrons. The molecule has 0 aromatic rings. The minimum absolute atomic E-state index is 0.759. The molecular formula is C18H30. The van der Waals surface area contributed by atoms with Crippen LogP contribution >= 0.6 is 0 Å². The molecule has 0 amide bonds. The summed E-state index contributed by atoms with van der Waals surface area (Å²) in [5.41, 5.74) is 0.759. The minimum Gasteiger partial charge on any atom is -0.0591 e. The van der Waals surface area contributed by atoms with Gasteiger partial charge in [-0.25, -0.2) is 0 Å². The van der Waals surface area contributed by atoms with Gasteiger partial charge in [-0.2, -0.15) is 0 Å². The Hall–Kier alpha value is 0. The van der Waals surface area contributed by atoms with Crippen LogP contribution in [0.2, 0.25) is 0 Å². The molecule has 0 aliphatic heterocycles. The Balaban J connectivity index is 1.62. The Bertz CT molecular complexity index is 320. The molecule has 4 fully saturated rings. The first-order valence-corrected chi connectivity index (χ1v) is 8.79. The smallest absolute Gasteiger partial charge is 0.0266 e. The van der Waals surface area contributed by atoms with E-state index in [1.54, 1.807) is 57.8 Å². The highest BCUT2D eigenvalue weighted by Gasteiger charge is 2.53. The number of fused-ring (bicyclic) bond motifs is 5. The van der Waals surface area contributed by atoms with E-state index >= 15 is 0 Å². The topological polar surface area (TPSA) is 0 Å². The summed E-state index contributed by atoms with van der Waals surface area (Å²) >= 11 is 0. The van der Waals surface area contributed by atoms with Crippen LogP contribution in [-0.4, -0.2) is 0 Å². The zero-order chi connectivity index (χ0) is 12.2. The van der Waals surface area contributed by atoms with Gasteiger partial charge in [-0.3, -0.25) is 0 Å². The fourth-order valence-electron chi connectivity index (χ4n) is 6.91. The van der Waals surface area contributed by atoms with Gasteiger partial charge in [-0.05, 0) is 80.0 Å². The zero-order valence-corrected chi connectivity index (χ0v) is 12.2. The third kappa shape index (κ3) is 1.56. The molecule has 6 atom stereocenters. The van der Waals surface area contributed by atoms with Gasteiger partial charge < -0.3 is 0 Å². The van der Waals surface area contributed by atoms with Crippen molar-refractivity contribution in [3.05, 3.63) is 0 Å². The first kappa shape index (κ1) is 11.8. The summed E-state index contributed by atoms with van der Waals surface area (Å²) in [6.45, 7) is 2.70. The normalized spacial score (nSPS) is 55.5. The molecule has 4 saturated carbocycles. The third-order valence-corrected chi connectivity index (χ3v) is 7.78. The lowest BCUT2D eigenvalue weighted by Gasteiger charge is -2.58. The molecule has 0 spiro atoms. The molecule has 0 N–H and O–H groups in total. The number of hydrogen-bond donors (Lipinski definition) is 0. The Morgan fingerprint density at radius 3 is 2.61 bits per heavy atom. The molecule has 18 heavy (non-hydrogen) atoms. The molecule has 0 heterocycles. The highest BCUT2D eigenvalue weighted by molar-refractivity contribution is 5.03. The van der Waals surface area contributed by atoms with Crippen molar-refractivity contribution >= 4 is 0 Å². The Morgan fingerprint density at radius 2 is 1.67 bits per heavy atom. The van der Waals surface area contributed by atoms with Gasteiger partial charge in [-0.1, -0.05) is 32.6 Å². The molecule has 0 aromatic heterocycles. The average Bonchev–Trinajstić information content (AvgIpc) is 2.86. The molecule has 3 unspecified atom stereocenters. The van der Waals surface area contributed by atoms with E-state index in [9.17, 15) is 0 Å². The van der Waals surface area contributed by atoms with Crippen LogP contribution in [0.25, 0.3) is 0 Å². The Kier molecular flexibility index (Phi) is 2.79. The molecule has 4 aliphatic rings. The quantitative estimate of drug-likeness (QED) is 0.535. The maximum Gasteiger partial charge on any atom is -0.0266 e. The van der Waals surface area contributed by atoms with E-state index in [-0.39, 0.29) is 0 Å². The molecule has 4 aliphatic carbocycles. The zero-order valence-electron chi connectivity index (χ0n) is 12.2. The van der Waals surface area contributed by atoms with Crippen molar-refractivity contribution in [2.24, 2.45) is 35.0 Å². The van der Waals surface area contributed by atoms with Gasteiger partial charge in [0.2, 0.25) is 0 Å². The Labute approximate surface area is 113 Å². The van der Waals surface area contributed by atoms with Crippen molar-refractivity contribution in [2.75, 3.05) is 0 Å². The van der Waals surface area contributed by atoms with Gasteiger partial charge in [0.15, 0.2) is 0 Å². The first-order chi connectivity index (χ1) is 8.79. The molecular weight excluding hydrogens is 216 g/mol. The number of hydrogen-bond acceptors (Lipinski definition) is 0. The van der Waals surface area contributed by atoms with Crippen LogP contribution in [0.5, 0.6) is 0 Å². The summed E-state index contributed by atoms with van der Waals surface area (Å²) in [6.07, 6.45) is 17.3. The predicted octanol–water partition coefficient (Wildman–Crippen LogP) is 5.42. The summed E-state index contributed by atoms with van der Waals surface area (Å²) in [6, 6.07) is 0. The largest absolute Gasteiger partial charge is 0.0591 e. The second-order valence-electron chi connectivity index (χ2n) is 8.23. The lowest BCUT2D eigenvalue weighted by Crippen LogP contribution is -2.49. The summed E-state index contributed by atoms with van der Waals surface area (Å²) in [7, 11) is 0. The second-order valence-corrected chi connectivity index (χ2v) is 8.23. The van der Waals surface area contributed by atoms with Crippen LogP contribution in [0.3, 0.4) is 0 Å². The first-order valence-electron chi connectivity index (χ1n) is 8.79. The highest BCUT2D eigenvalue weighted by Crippen LogP contribution is 2.62. The van der Waals surface area contributed by atoms with Gasteiger partial charge in [-0.15, -0.1) is 0 Å². The van der Waals surface area contributed by atoms with E-state index < -0.39 is 0 Å². The van der Waals surface area contributed by atoms with E-state index in [1.807, 2.05) is 0 Å². The lowest BCUT2D eigenvalue weighted by molar-refractivity contribution is -0.0834. The molecule has 0 bridgehead atoms. The van der Waals surface area contributed by atoms with E-state index in [1.165, 1.54) is 12.8 Å². The molecule has 4 rings (SSSR count). The van der Waals surface area contributed by atoms with Crippen LogP contribution in [0, 0.1) is 35.0 Å². The van der Waals surface area contributed by atoms with Crippen LogP contribution < -0.4 is 0 Å². The summed E-state index contributed by atoms with van der Waals surface area (Å²) in [4.78, 5) is 0. The van der Waals surface area contributed by atoms with Crippen LogP contribution in [0.1, 0.15) is 77.6 Å². The van der Waals surface area contributed by atoms with Crippen molar-refractivity contribution in [1.29, 1.82) is 0 Å². The van der Waals surface area contributed by atoms with E-state index in [0.29, 0.717) is 0 Å². The predicted molar refractivity (Wildman–Crippen MR) is 76.3 cm³/mol. The van der Waals surface area contributed by atoms with E-state index in [2.05, 4.69) is 6.92 Å². The minimum atomic E-state index is 0.759. The number of rotatable bonds is 0. The maximum atomic E-state index is 2.70. The maximum absolute atomic E-state index is 2.70. The highest BCUT2D eigenvalue weighted by atomic mass is 14.6. The molecule has 102 valence electrons. The molecule has 0 nitrogen and oxygen atoms in total. The Morgan fingerprint density at radius 1 is 0.722 bits per heavy atom. The monoisotopic (exact) mass is 246 g/mol. The van der Waals surface area contributed by atoms with Gasteiger partial charge in [0, 0.05) is 0 Å². The lowest BCUT2D eigenvalue weighted by atomic mass is 9.47. The molecule has 0 saturated heterocycles. The van der Waals surface area contributed by atoms with Crippen molar-refractivity contribution in [2.45, 2.75) is 77.6 Å². The fraction of sp³-hybridized carbons (Fsp3) is 1.00. The van der Waals surface area contributed by atoms with Crippen LogP contribution in [-0.2, 0) is 0 Å². The van der Waals surface area contributed by atoms with Crippen LogP contribution in [0.15, 0.2) is 0 Å². The molecule has 0 heteroatoms. The van der Waals surface area contributed by atoms with Crippen molar-refractivity contribution in [1.82, 2.24) is 0 Å². The van der Waals surface area contributed by atoms with Crippen molar-refractivity contribution in [3.63, 3.8) is 0 Å². The fourth-order valence-corrected chi connectivity index (χ4v) is 6.91. The molecule has 0 aromatic carbocycles. The van der Waals surface area contributed by atoms with Crippen molar-refractivity contribution < 1.29 is 0 Å². The second kappa shape index (κ2) is 4.25. The summed E-state index contributed by atoms with van der Waals surface area (Å²) in [5, 5.41) is 0. The van der Waals surface area contributed by atoms with Crippen LogP contribution in [0.4, 0.5) is 0 Å². The SMILES string of the molecule is CC12CCCC[C@@H]1CCC1[C@@H]3CCCC3CC[C@@H]12. The summed E-state index contributed by atoms with van der Waals surface area (Å²) < 4.78 is 0. The van der Waals surface area contributed by atoms with Gasteiger partial charge in [0.25, 0.3) is 0 Å². The van der Waals surface area contributed by atoms with E-state index in [4.69, 9.17) is 0 Å². The van der Waals surface area contributed by atoms with Gasteiger partial charge in [0.05, 0.1) is 0 Å². The van der Waals surface area contributed by atoms with E-state index in [0.717, 1.165) is 35.0 Å².